The number of hydrogen-bond acceptors (Lipinski definition) is 3. The summed E-state index contributed by atoms with van der Waals surface area (Å²) < 4.78 is 10.8. The summed E-state index contributed by atoms with van der Waals surface area (Å²) in [6.45, 7) is 2.21. The van der Waals surface area contributed by atoms with Crippen LogP contribution in [0.5, 0.6) is 11.5 Å². The summed E-state index contributed by atoms with van der Waals surface area (Å²) in [5.74, 6) is 1.76. The SMILES string of the molecule is COc1ccc(CC[C@H](C)Nc2cc(-c3ccccc3)ccc2OC)cc1. The molecule has 0 radical (unpaired) electrons. The smallest absolute Gasteiger partial charge is 0.141 e. The Morgan fingerprint density at radius 1 is 0.815 bits per heavy atom. The minimum Gasteiger partial charge on any atom is -0.497 e. The normalized spacial score (nSPS) is 11.7. The molecule has 3 heteroatoms. The van der Waals surface area contributed by atoms with Gasteiger partial charge in [0.25, 0.3) is 0 Å². The summed E-state index contributed by atoms with van der Waals surface area (Å²) in [6.07, 6.45) is 2.05. The van der Waals surface area contributed by atoms with Gasteiger partial charge in [0.15, 0.2) is 0 Å². The van der Waals surface area contributed by atoms with Crippen LogP contribution in [-0.2, 0) is 6.42 Å². The van der Waals surface area contributed by atoms with Crippen LogP contribution in [0, 0.1) is 0 Å². The van der Waals surface area contributed by atoms with Crippen molar-refractivity contribution in [2.24, 2.45) is 0 Å². The molecule has 0 amide bonds. The van der Waals surface area contributed by atoms with Gasteiger partial charge in [-0.2, -0.15) is 0 Å². The van der Waals surface area contributed by atoms with Crippen molar-refractivity contribution in [2.45, 2.75) is 25.8 Å². The second kappa shape index (κ2) is 9.13. The van der Waals surface area contributed by atoms with Crippen molar-refractivity contribution in [1.29, 1.82) is 0 Å². The largest absolute Gasteiger partial charge is 0.497 e. The van der Waals surface area contributed by atoms with Crippen LogP contribution in [-0.4, -0.2) is 20.3 Å². The van der Waals surface area contributed by atoms with Crippen molar-refractivity contribution in [3.05, 3.63) is 78.4 Å². The van der Waals surface area contributed by atoms with Gasteiger partial charge in [0.1, 0.15) is 11.5 Å². The molecule has 0 saturated carbocycles. The summed E-state index contributed by atoms with van der Waals surface area (Å²) in [7, 11) is 3.41. The molecule has 3 rings (SSSR count). The average Bonchev–Trinajstić information content (AvgIpc) is 2.73. The lowest BCUT2D eigenvalue weighted by Gasteiger charge is -2.19. The summed E-state index contributed by atoms with van der Waals surface area (Å²) >= 11 is 0. The third-order valence-corrected chi connectivity index (χ3v) is 4.73. The van der Waals surface area contributed by atoms with Gasteiger partial charge in [-0.3, -0.25) is 0 Å². The van der Waals surface area contributed by atoms with Crippen LogP contribution in [0.1, 0.15) is 18.9 Å². The zero-order chi connectivity index (χ0) is 19.1. The highest BCUT2D eigenvalue weighted by Gasteiger charge is 2.09. The summed E-state index contributed by atoms with van der Waals surface area (Å²) in [5.41, 5.74) is 4.73. The molecule has 3 aromatic carbocycles. The lowest BCUT2D eigenvalue weighted by molar-refractivity contribution is 0.414. The molecule has 0 aliphatic rings. The van der Waals surface area contributed by atoms with Gasteiger partial charge in [-0.05, 0) is 60.7 Å². The van der Waals surface area contributed by atoms with Crippen LogP contribution in [0.3, 0.4) is 0 Å². The number of methoxy groups -OCH3 is 2. The molecule has 140 valence electrons. The van der Waals surface area contributed by atoms with Crippen molar-refractivity contribution in [1.82, 2.24) is 0 Å². The molecule has 3 nitrogen and oxygen atoms in total. The van der Waals surface area contributed by atoms with Crippen LogP contribution in [0.2, 0.25) is 0 Å². The number of ether oxygens (including phenoxy) is 2. The molecule has 0 unspecified atom stereocenters. The Balaban J connectivity index is 1.67. The molecule has 1 N–H and O–H groups in total. The van der Waals surface area contributed by atoms with Crippen molar-refractivity contribution >= 4 is 5.69 Å². The Bertz CT molecular complexity index is 844. The van der Waals surface area contributed by atoms with Crippen LogP contribution < -0.4 is 14.8 Å². The van der Waals surface area contributed by atoms with E-state index in [2.05, 4.69) is 60.8 Å². The standard InChI is InChI=1S/C24H27NO2/c1-18(9-10-19-11-14-22(26-2)15-12-19)25-23-17-21(13-16-24(23)27-3)20-7-5-4-6-8-20/h4-8,11-18,25H,9-10H2,1-3H3/t18-/m0/s1. The predicted octanol–water partition coefficient (Wildman–Crippen LogP) is 5.80. The summed E-state index contributed by atoms with van der Waals surface area (Å²) in [5, 5.41) is 3.61. The third-order valence-electron chi connectivity index (χ3n) is 4.73. The predicted molar refractivity (Wildman–Crippen MR) is 113 cm³/mol. The zero-order valence-electron chi connectivity index (χ0n) is 16.2. The van der Waals surface area contributed by atoms with Gasteiger partial charge >= 0.3 is 0 Å². The Hall–Kier alpha value is -2.94. The number of anilines is 1. The van der Waals surface area contributed by atoms with E-state index < -0.39 is 0 Å². The second-order valence-corrected chi connectivity index (χ2v) is 6.71. The number of aryl methyl sites for hydroxylation is 1. The summed E-state index contributed by atoms with van der Waals surface area (Å²) in [6, 6.07) is 25.3. The fourth-order valence-electron chi connectivity index (χ4n) is 3.14. The maximum Gasteiger partial charge on any atom is 0.141 e. The topological polar surface area (TPSA) is 30.5 Å². The molecule has 0 aliphatic heterocycles. The maximum atomic E-state index is 5.55. The minimum atomic E-state index is 0.326. The van der Waals surface area contributed by atoms with Crippen LogP contribution in [0.15, 0.2) is 72.8 Å². The highest BCUT2D eigenvalue weighted by atomic mass is 16.5. The fraction of sp³-hybridized carbons (Fsp3) is 0.250. The van der Waals surface area contributed by atoms with Crippen molar-refractivity contribution < 1.29 is 9.47 Å². The van der Waals surface area contributed by atoms with Gasteiger partial charge < -0.3 is 14.8 Å². The molecular formula is C24H27NO2. The Kier molecular flexibility index (Phi) is 6.37. The van der Waals surface area contributed by atoms with Crippen molar-refractivity contribution in [3.63, 3.8) is 0 Å². The van der Waals surface area contributed by atoms with E-state index in [4.69, 9.17) is 9.47 Å². The molecule has 0 fully saturated rings. The zero-order valence-corrected chi connectivity index (χ0v) is 16.2. The molecule has 3 aromatic rings. The second-order valence-electron chi connectivity index (χ2n) is 6.71. The van der Waals surface area contributed by atoms with Gasteiger partial charge in [-0.25, -0.2) is 0 Å². The van der Waals surface area contributed by atoms with Gasteiger partial charge in [0.2, 0.25) is 0 Å². The molecule has 0 spiro atoms. The number of hydrogen-bond donors (Lipinski definition) is 1. The highest BCUT2D eigenvalue weighted by molar-refractivity contribution is 5.72. The minimum absolute atomic E-state index is 0.326. The van der Waals surface area contributed by atoms with Gasteiger partial charge in [0, 0.05) is 6.04 Å². The average molecular weight is 361 g/mol. The Morgan fingerprint density at radius 2 is 1.56 bits per heavy atom. The van der Waals surface area contributed by atoms with Crippen molar-refractivity contribution in [2.75, 3.05) is 19.5 Å². The van der Waals surface area contributed by atoms with E-state index in [0.717, 1.165) is 30.0 Å². The number of nitrogens with one attached hydrogen (secondary N) is 1. The first kappa shape index (κ1) is 18.8. The molecule has 0 saturated heterocycles. The maximum absolute atomic E-state index is 5.55. The molecule has 0 aromatic heterocycles. The van der Waals surface area contributed by atoms with Crippen molar-refractivity contribution in [3.8, 4) is 22.6 Å². The monoisotopic (exact) mass is 361 g/mol. The first-order valence-corrected chi connectivity index (χ1v) is 9.32. The molecule has 0 bridgehead atoms. The molecule has 27 heavy (non-hydrogen) atoms. The molecular weight excluding hydrogens is 334 g/mol. The summed E-state index contributed by atoms with van der Waals surface area (Å²) in [4.78, 5) is 0. The highest BCUT2D eigenvalue weighted by Crippen LogP contribution is 2.31. The molecule has 0 heterocycles. The van der Waals surface area contributed by atoms with E-state index in [-0.39, 0.29) is 0 Å². The lowest BCUT2D eigenvalue weighted by atomic mass is 10.0. The van der Waals surface area contributed by atoms with E-state index in [1.807, 2.05) is 24.3 Å². The Morgan fingerprint density at radius 3 is 2.22 bits per heavy atom. The van der Waals surface area contributed by atoms with Gasteiger partial charge in [0.05, 0.1) is 19.9 Å². The first-order chi connectivity index (χ1) is 13.2. The molecule has 0 aliphatic carbocycles. The fourth-order valence-corrected chi connectivity index (χ4v) is 3.14. The van der Waals surface area contributed by atoms with Crippen LogP contribution in [0.4, 0.5) is 5.69 Å². The van der Waals surface area contributed by atoms with Crippen LogP contribution in [0.25, 0.3) is 11.1 Å². The van der Waals surface area contributed by atoms with E-state index in [1.165, 1.54) is 16.7 Å². The first-order valence-electron chi connectivity index (χ1n) is 9.32. The molecule has 1 atom stereocenters. The lowest BCUT2D eigenvalue weighted by Crippen LogP contribution is -2.16. The number of benzene rings is 3. The third kappa shape index (κ3) is 5.04. The van der Waals surface area contributed by atoms with E-state index in [0.29, 0.717) is 6.04 Å². The van der Waals surface area contributed by atoms with E-state index >= 15 is 0 Å². The Labute approximate surface area is 162 Å². The van der Waals surface area contributed by atoms with E-state index in [9.17, 15) is 0 Å². The number of rotatable bonds is 8. The van der Waals surface area contributed by atoms with E-state index in [1.54, 1.807) is 14.2 Å². The quantitative estimate of drug-likeness (QED) is 0.550. The van der Waals surface area contributed by atoms with Crippen LogP contribution >= 0.6 is 0 Å². The van der Waals surface area contributed by atoms with Gasteiger partial charge in [-0.15, -0.1) is 0 Å². The van der Waals surface area contributed by atoms with Gasteiger partial charge in [-0.1, -0.05) is 48.5 Å².